The van der Waals surface area contributed by atoms with Crippen molar-refractivity contribution in [1.29, 1.82) is 0 Å². The Morgan fingerprint density at radius 1 is 0.964 bits per heavy atom. The van der Waals surface area contributed by atoms with Crippen molar-refractivity contribution in [2.45, 2.75) is 25.2 Å². The van der Waals surface area contributed by atoms with Gasteiger partial charge in [-0.1, -0.05) is 18.2 Å². The Kier molecular flexibility index (Phi) is 4.72. The van der Waals surface area contributed by atoms with Gasteiger partial charge in [-0.3, -0.25) is 4.98 Å². The summed E-state index contributed by atoms with van der Waals surface area (Å²) < 4.78 is 42.1. The molecule has 1 fully saturated rings. The number of benzene rings is 1. The zero-order valence-corrected chi connectivity index (χ0v) is 14.6. The largest absolute Gasteiger partial charge is 0.573 e. The summed E-state index contributed by atoms with van der Waals surface area (Å²) in [5, 5.41) is 6.10. The van der Waals surface area contributed by atoms with Crippen LogP contribution in [0.2, 0.25) is 0 Å². The van der Waals surface area contributed by atoms with E-state index in [4.69, 9.17) is 0 Å². The predicted octanol–water partition coefficient (Wildman–Crippen LogP) is 4.76. The minimum Gasteiger partial charge on any atom is -0.404 e. The van der Waals surface area contributed by atoms with Gasteiger partial charge in [0.1, 0.15) is 5.82 Å². The van der Waals surface area contributed by atoms with Crippen molar-refractivity contribution in [3.8, 4) is 17.1 Å². The molecule has 4 rings (SSSR count). The maximum Gasteiger partial charge on any atom is 0.573 e. The lowest BCUT2D eigenvalue weighted by molar-refractivity contribution is -0.274. The van der Waals surface area contributed by atoms with Gasteiger partial charge in [-0.05, 0) is 37.1 Å². The number of pyridine rings is 1. The van der Waals surface area contributed by atoms with Crippen LogP contribution in [0, 0.1) is 0 Å². The van der Waals surface area contributed by atoms with Crippen molar-refractivity contribution in [2.24, 2.45) is 0 Å². The minimum atomic E-state index is -4.79. The molecule has 1 saturated carbocycles. The monoisotopic (exact) mass is 387 g/mol. The molecule has 0 aliphatic heterocycles. The highest BCUT2D eigenvalue weighted by Gasteiger charge is 2.32. The molecule has 2 heterocycles. The number of halogens is 3. The third-order valence-electron chi connectivity index (χ3n) is 3.94. The van der Waals surface area contributed by atoms with Gasteiger partial charge in [-0.25, -0.2) is 4.98 Å². The number of hydrogen-bond donors (Lipinski definition) is 2. The zero-order chi connectivity index (χ0) is 19.6. The number of hydrogen-bond acceptors (Lipinski definition) is 6. The number of aromatic nitrogens is 3. The smallest absolute Gasteiger partial charge is 0.404 e. The molecule has 0 spiro atoms. The van der Waals surface area contributed by atoms with Crippen LogP contribution < -0.4 is 15.4 Å². The third kappa shape index (κ3) is 4.67. The first-order valence-electron chi connectivity index (χ1n) is 8.65. The molecule has 2 aromatic heterocycles. The highest BCUT2D eigenvalue weighted by molar-refractivity contribution is 5.68. The molecule has 0 unspecified atom stereocenters. The first-order valence-corrected chi connectivity index (χ1v) is 8.65. The summed E-state index contributed by atoms with van der Waals surface area (Å²) in [6, 6.07) is 13.2. The Labute approximate surface area is 158 Å². The predicted molar refractivity (Wildman–Crippen MR) is 98.3 cm³/mol. The number of alkyl halides is 3. The van der Waals surface area contributed by atoms with E-state index in [9.17, 15) is 13.2 Å². The maximum absolute atomic E-state index is 12.7. The fourth-order valence-corrected chi connectivity index (χ4v) is 2.55. The van der Waals surface area contributed by atoms with Crippen molar-refractivity contribution in [1.82, 2.24) is 15.0 Å². The van der Waals surface area contributed by atoms with E-state index in [1.807, 2.05) is 6.07 Å². The fourth-order valence-electron chi connectivity index (χ4n) is 2.55. The summed E-state index contributed by atoms with van der Waals surface area (Å²) in [5.74, 6) is 0.379. The van der Waals surface area contributed by atoms with E-state index in [-0.39, 0.29) is 11.4 Å². The number of nitrogens with one attached hydrogen (secondary N) is 2. The molecule has 28 heavy (non-hydrogen) atoms. The lowest BCUT2D eigenvalue weighted by atomic mass is 10.2. The number of rotatable bonds is 6. The Hall–Kier alpha value is -3.36. The summed E-state index contributed by atoms with van der Waals surface area (Å²) in [5.41, 5.74) is 1.32. The van der Waals surface area contributed by atoms with Crippen molar-refractivity contribution in [3.63, 3.8) is 0 Å². The van der Waals surface area contributed by atoms with Crippen LogP contribution in [0.5, 0.6) is 5.75 Å². The van der Waals surface area contributed by atoms with Crippen LogP contribution in [0.25, 0.3) is 11.4 Å². The Balaban J connectivity index is 1.67. The van der Waals surface area contributed by atoms with Crippen LogP contribution in [0.3, 0.4) is 0 Å². The fraction of sp³-hybridized carbons (Fsp3) is 0.211. The average Bonchev–Trinajstić information content (AvgIpc) is 3.47. The van der Waals surface area contributed by atoms with Gasteiger partial charge in [0.2, 0.25) is 5.95 Å². The second-order valence-electron chi connectivity index (χ2n) is 6.26. The van der Waals surface area contributed by atoms with Crippen LogP contribution in [0.1, 0.15) is 12.8 Å². The second-order valence-corrected chi connectivity index (χ2v) is 6.26. The van der Waals surface area contributed by atoms with E-state index < -0.39 is 6.36 Å². The standard InChI is InChI=1S/C19H16F3N5O/c20-19(21,22)28-16-7-2-1-6-14(16)25-17-11-15(13-5-3-4-10-23-13)26-18(27-17)24-12-8-9-12/h1-7,10-12H,8-9H2,(H2,24,25,26,27). The lowest BCUT2D eigenvalue weighted by Crippen LogP contribution is -2.18. The number of ether oxygens (including phenoxy) is 1. The summed E-state index contributed by atoms with van der Waals surface area (Å²) in [6.07, 6.45) is -1.09. The summed E-state index contributed by atoms with van der Waals surface area (Å²) >= 11 is 0. The number of anilines is 3. The van der Waals surface area contributed by atoms with Gasteiger partial charge in [0, 0.05) is 18.3 Å². The van der Waals surface area contributed by atoms with Gasteiger partial charge in [0.15, 0.2) is 5.75 Å². The Morgan fingerprint density at radius 2 is 1.75 bits per heavy atom. The molecule has 9 heteroatoms. The highest BCUT2D eigenvalue weighted by atomic mass is 19.4. The number of nitrogens with zero attached hydrogens (tertiary/aromatic N) is 3. The van der Waals surface area contributed by atoms with Crippen LogP contribution in [0.15, 0.2) is 54.7 Å². The quantitative estimate of drug-likeness (QED) is 0.636. The molecule has 2 N–H and O–H groups in total. The van der Waals surface area contributed by atoms with Gasteiger partial charge >= 0.3 is 6.36 Å². The van der Waals surface area contributed by atoms with Crippen LogP contribution in [-0.2, 0) is 0 Å². The van der Waals surface area contributed by atoms with E-state index in [1.54, 1.807) is 30.5 Å². The average molecular weight is 387 g/mol. The van der Waals surface area contributed by atoms with Gasteiger partial charge in [0.05, 0.1) is 17.1 Å². The van der Waals surface area contributed by atoms with E-state index in [2.05, 4.69) is 30.3 Å². The Morgan fingerprint density at radius 3 is 2.46 bits per heavy atom. The van der Waals surface area contributed by atoms with Gasteiger partial charge in [-0.15, -0.1) is 13.2 Å². The van der Waals surface area contributed by atoms with E-state index in [1.165, 1.54) is 18.2 Å². The molecule has 0 bridgehead atoms. The lowest BCUT2D eigenvalue weighted by Gasteiger charge is -2.15. The molecule has 3 aromatic rings. The highest BCUT2D eigenvalue weighted by Crippen LogP contribution is 2.33. The molecule has 144 valence electrons. The van der Waals surface area contributed by atoms with Crippen molar-refractivity contribution >= 4 is 17.5 Å². The first-order chi connectivity index (χ1) is 13.5. The molecule has 1 aliphatic carbocycles. The van der Waals surface area contributed by atoms with Crippen molar-refractivity contribution in [2.75, 3.05) is 10.6 Å². The second kappa shape index (κ2) is 7.34. The van der Waals surface area contributed by atoms with Crippen LogP contribution >= 0.6 is 0 Å². The molecular weight excluding hydrogens is 371 g/mol. The molecule has 0 saturated heterocycles. The van der Waals surface area contributed by atoms with Crippen LogP contribution in [-0.4, -0.2) is 27.4 Å². The van der Waals surface area contributed by atoms with Gasteiger partial charge in [0.25, 0.3) is 0 Å². The molecule has 0 amide bonds. The zero-order valence-electron chi connectivity index (χ0n) is 14.6. The van der Waals surface area contributed by atoms with E-state index in [0.717, 1.165) is 12.8 Å². The molecule has 0 radical (unpaired) electrons. The van der Waals surface area contributed by atoms with Crippen molar-refractivity contribution in [3.05, 3.63) is 54.7 Å². The summed E-state index contributed by atoms with van der Waals surface area (Å²) in [4.78, 5) is 13.1. The molecule has 1 aliphatic rings. The molecular formula is C19H16F3N5O. The Bertz CT molecular complexity index is 961. The van der Waals surface area contributed by atoms with E-state index >= 15 is 0 Å². The SMILES string of the molecule is FC(F)(F)Oc1ccccc1Nc1cc(-c2ccccn2)nc(NC2CC2)n1. The van der Waals surface area contributed by atoms with Crippen molar-refractivity contribution < 1.29 is 17.9 Å². The normalized spacial score (nSPS) is 13.8. The van der Waals surface area contributed by atoms with Gasteiger partial charge in [-0.2, -0.15) is 4.98 Å². The van der Waals surface area contributed by atoms with Crippen LogP contribution in [0.4, 0.5) is 30.6 Å². The molecule has 0 atom stereocenters. The molecule has 1 aromatic carbocycles. The number of para-hydroxylation sites is 2. The van der Waals surface area contributed by atoms with E-state index in [0.29, 0.717) is 29.2 Å². The topological polar surface area (TPSA) is 72.0 Å². The molecule has 6 nitrogen and oxygen atoms in total. The first kappa shape index (κ1) is 18.0. The maximum atomic E-state index is 12.7. The third-order valence-corrected chi connectivity index (χ3v) is 3.94. The van der Waals surface area contributed by atoms with Gasteiger partial charge < -0.3 is 15.4 Å². The summed E-state index contributed by atoms with van der Waals surface area (Å²) in [7, 11) is 0. The summed E-state index contributed by atoms with van der Waals surface area (Å²) in [6.45, 7) is 0. The minimum absolute atomic E-state index is 0.142.